The first-order valence-electron chi connectivity index (χ1n) is 5.53. The Kier molecular flexibility index (Phi) is 4.35. The molecule has 0 atom stereocenters. The Labute approximate surface area is 120 Å². The molecule has 0 amide bonds. The molecule has 19 heavy (non-hydrogen) atoms. The molecular weight excluding hydrogens is 285 g/mol. The normalized spacial score (nSPS) is 10.2. The van der Waals surface area contributed by atoms with E-state index < -0.39 is 0 Å². The SMILES string of the molecule is NC(=S)c1cccc(OCc2cc(Cl)ccc2F)c1. The molecular formula is C14H11ClFNOS. The lowest BCUT2D eigenvalue weighted by Crippen LogP contribution is -2.09. The van der Waals surface area contributed by atoms with E-state index in [9.17, 15) is 4.39 Å². The Morgan fingerprint density at radius 3 is 2.79 bits per heavy atom. The number of ether oxygens (including phenoxy) is 1. The van der Waals surface area contributed by atoms with Gasteiger partial charge in [-0.05, 0) is 30.3 Å². The van der Waals surface area contributed by atoms with Crippen molar-refractivity contribution in [3.8, 4) is 5.75 Å². The van der Waals surface area contributed by atoms with Crippen molar-refractivity contribution >= 4 is 28.8 Å². The molecule has 2 aromatic rings. The summed E-state index contributed by atoms with van der Waals surface area (Å²) in [4.78, 5) is 0.291. The maximum absolute atomic E-state index is 13.5. The van der Waals surface area contributed by atoms with Crippen LogP contribution in [0.3, 0.4) is 0 Å². The predicted octanol–water partition coefficient (Wildman–Crippen LogP) is 3.69. The van der Waals surface area contributed by atoms with Gasteiger partial charge in [0.05, 0.1) is 0 Å². The Morgan fingerprint density at radius 2 is 2.05 bits per heavy atom. The summed E-state index contributed by atoms with van der Waals surface area (Å²) in [6.45, 7) is 0.0905. The van der Waals surface area contributed by atoms with Crippen molar-refractivity contribution in [3.05, 3.63) is 64.4 Å². The van der Waals surface area contributed by atoms with E-state index in [4.69, 9.17) is 34.3 Å². The lowest BCUT2D eigenvalue weighted by Gasteiger charge is -2.08. The third kappa shape index (κ3) is 3.66. The lowest BCUT2D eigenvalue weighted by molar-refractivity contribution is 0.300. The molecule has 0 spiro atoms. The van der Waals surface area contributed by atoms with Gasteiger partial charge in [0, 0.05) is 16.1 Å². The second kappa shape index (κ2) is 5.99. The van der Waals surface area contributed by atoms with Crippen LogP contribution in [-0.4, -0.2) is 4.99 Å². The van der Waals surface area contributed by atoms with Crippen molar-refractivity contribution in [2.45, 2.75) is 6.61 Å². The molecule has 0 saturated heterocycles. The fraction of sp³-hybridized carbons (Fsp3) is 0.0714. The molecule has 2 nitrogen and oxygen atoms in total. The second-order valence-electron chi connectivity index (χ2n) is 3.92. The number of rotatable bonds is 4. The van der Waals surface area contributed by atoms with E-state index in [1.165, 1.54) is 18.2 Å². The van der Waals surface area contributed by atoms with E-state index in [1.54, 1.807) is 24.3 Å². The highest BCUT2D eigenvalue weighted by molar-refractivity contribution is 7.80. The first-order valence-corrected chi connectivity index (χ1v) is 6.31. The maximum atomic E-state index is 13.5. The maximum Gasteiger partial charge on any atom is 0.129 e. The molecule has 0 saturated carbocycles. The Morgan fingerprint density at radius 1 is 1.26 bits per heavy atom. The smallest absolute Gasteiger partial charge is 0.129 e. The molecule has 98 valence electrons. The summed E-state index contributed by atoms with van der Waals surface area (Å²) in [7, 11) is 0. The predicted molar refractivity (Wildman–Crippen MR) is 78.1 cm³/mol. The monoisotopic (exact) mass is 295 g/mol. The first-order chi connectivity index (χ1) is 9.06. The molecule has 0 bridgehead atoms. The van der Waals surface area contributed by atoms with Crippen molar-refractivity contribution in [1.29, 1.82) is 0 Å². The van der Waals surface area contributed by atoms with Crippen LogP contribution in [0.5, 0.6) is 5.75 Å². The van der Waals surface area contributed by atoms with E-state index in [2.05, 4.69) is 0 Å². The number of hydrogen-bond donors (Lipinski definition) is 1. The van der Waals surface area contributed by atoms with Gasteiger partial charge in [-0.2, -0.15) is 0 Å². The molecule has 0 aliphatic carbocycles. The van der Waals surface area contributed by atoms with Crippen LogP contribution in [-0.2, 0) is 6.61 Å². The minimum Gasteiger partial charge on any atom is -0.489 e. The minimum absolute atomic E-state index is 0.0905. The van der Waals surface area contributed by atoms with Gasteiger partial charge in [-0.15, -0.1) is 0 Å². The molecule has 0 heterocycles. The van der Waals surface area contributed by atoms with E-state index in [0.717, 1.165) is 0 Å². The van der Waals surface area contributed by atoms with Gasteiger partial charge in [-0.25, -0.2) is 4.39 Å². The van der Waals surface area contributed by atoms with Gasteiger partial charge in [0.15, 0.2) is 0 Å². The van der Waals surface area contributed by atoms with Gasteiger partial charge < -0.3 is 10.5 Å². The van der Waals surface area contributed by atoms with Crippen LogP contribution in [0.15, 0.2) is 42.5 Å². The summed E-state index contributed by atoms with van der Waals surface area (Å²) in [5.74, 6) is 0.222. The van der Waals surface area contributed by atoms with E-state index in [1.807, 2.05) is 0 Å². The zero-order chi connectivity index (χ0) is 13.8. The quantitative estimate of drug-likeness (QED) is 0.874. The molecule has 2 N–H and O–H groups in total. The molecule has 2 rings (SSSR count). The summed E-state index contributed by atoms with van der Waals surface area (Å²) in [6.07, 6.45) is 0. The number of hydrogen-bond acceptors (Lipinski definition) is 2. The van der Waals surface area contributed by atoms with Gasteiger partial charge in [0.25, 0.3) is 0 Å². The van der Waals surface area contributed by atoms with Gasteiger partial charge in [0.2, 0.25) is 0 Å². The molecule has 0 aliphatic rings. The Bertz CT molecular complexity index is 618. The Hall–Kier alpha value is -1.65. The second-order valence-corrected chi connectivity index (χ2v) is 4.79. The molecule has 0 aliphatic heterocycles. The molecule has 0 radical (unpaired) electrons. The van der Waals surface area contributed by atoms with Crippen molar-refractivity contribution < 1.29 is 9.13 Å². The van der Waals surface area contributed by atoms with Crippen molar-refractivity contribution in [1.82, 2.24) is 0 Å². The fourth-order valence-electron chi connectivity index (χ4n) is 1.55. The summed E-state index contributed by atoms with van der Waals surface area (Å²) in [6, 6.07) is 11.4. The number of thiocarbonyl (C=S) groups is 1. The summed E-state index contributed by atoms with van der Waals surface area (Å²) in [5.41, 5.74) is 6.64. The number of nitrogens with two attached hydrogens (primary N) is 1. The average Bonchev–Trinajstić information content (AvgIpc) is 2.40. The van der Waals surface area contributed by atoms with Crippen LogP contribution in [0.2, 0.25) is 5.02 Å². The highest BCUT2D eigenvalue weighted by Crippen LogP contribution is 2.19. The summed E-state index contributed by atoms with van der Waals surface area (Å²) >= 11 is 10.7. The van der Waals surface area contributed by atoms with Crippen molar-refractivity contribution in [2.24, 2.45) is 5.73 Å². The Balaban J connectivity index is 2.12. The number of benzene rings is 2. The minimum atomic E-state index is -0.352. The van der Waals surface area contributed by atoms with Crippen LogP contribution in [0.4, 0.5) is 4.39 Å². The van der Waals surface area contributed by atoms with Gasteiger partial charge in [-0.1, -0.05) is 36.0 Å². The standard InChI is InChI=1S/C14H11ClFNOS/c15-11-4-5-13(16)10(6-11)8-18-12-3-1-2-9(7-12)14(17)19/h1-7H,8H2,(H2,17,19). The lowest BCUT2D eigenvalue weighted by atomic mass is 10.2. The zero-order valence-corrected chi connectivity index (χ0v) is 11.5. The van der Waals surface area contributed by atoms with Gasteiger partial charge in [-0.3, -0.25) is 0 Å². The van der Waals surface area contributed by atoms with Gasteiger partial charge in [0.1, 0.15) is 23.2 Å². The first kappa shape index (κ1) is 13.8. The van der Waals surface area contributed by atoms with Gasteiger partial charge >= 0.3 is 0 Å². The number of halogens is 2. The third-order valence-electron chi connectivity index (χ3n) is 2.52. The zero-order valence-electron chi connectivity index (χ0n) is 9.90. The largest absolute Gasteiger partial charge is 0.489 e. The molecule has 0 aromatic heterocycles. The summed E-state index contributed by atoms with van der Waals surface area (Å²) in [5, 5.41) is 0.469. The van der Waals surface area contributed by atoms with Crippen molar-refractivity contribution in [3.63, 3.8) is 0 Å². The van der Waals surface area contributed by atoms with Crippen LogP contribution < -0.4 is 10.5 Å². The van der Waals surface area contributed by atoms with E-state index in [-0.39, 0.29) is 12.4 Å². The molecule has 2 aromatic carbocycles. The average molecular weight is 296 g/mol. The molecule has 5 heteroatoms. The molecule has 0 fully saturated rings. The van der Waals surface area contributed by atoms with Crippen LogP contribution in [0.1, 0.15) is 11.1 Å². The summed E-state index contributed by atoms with van der Waals surface area (Å²) < 4.78 is 19.0. The molecule has 0 unspecified atom stereocenters. The highest BCUT2D eigenvalue weighted by Gasteiger charge is 2.05. The fourth-order valence-corrected chi connectivity index (χ4v) is 1.88. The van der Waals surface area contributed by atoms with Crippen LogP contribution >= 0.6 is 23.8 Å². The van der Waals surface area contributed by atoms with E-state index >= 15 is 0 Å². The third-order valence-corrected chi connectivity index (χ3v) is 2.99. The van der Waals surface area contributed by atoms with Crippen LogP contribution in [0, 0.1) is 5.82 Å². The highest BCUT2D eigenvalue weighted by atomic mass is 35.5. The van der Waals surface area contributed by atoms with Crippen molar-refractivity contribution in [2.75, 3.05) is 0 Å². The van der Waals surface area contributed by atoms with E-state index in [0.29, 0.717) is 26.9 Å². The topological polar surface area (TPSA) is 35.2 Å². The van der Waals surface area contributed by atoms with Crippen LogP contribution in [0.25, 0.3) is 0 Å².